The number of thiophene rings is 1. The summed E-state index contributed by atoms with van der Waals surface area (Å²) in [7, 11) is 0. The van der Waals surface area contributed by atoms with Crippen LogP contribution in [0.25, 0.3) is 16.9 Å². The molecule has 7 heteroatoms. The Morgan fingerprint density at radius 1 is 1.21 bits per heavy atom. The second-order valence-corrected chi connectivity index (χ2v) is 6.11. The van der Waals surface area contributed by atoms with E-state index >= 15 is 0 Å². The molecule has 0 aliphatic rings. The molecule has 4 nitrogen and oxygen atoms in total. The second-order valence-electron chi connectivity index (χ2n) is 3.82. The summed E-state index contributed by atoms with van der Waals surface area (Å²) in [5.41, 5.74) is 8.80. The SMILES string of the molecule is Nc1cn(-c2ccncc2)nc1-c1cc(Cl)sc1Cl. The molecule has 96 valence electrons. The van der Waals surface area contributed by atoms with E-state index in [4.69, 9.17) is 28.9 Å². The average Bonchev–Trinajstić information content (AvgIpc) is 2.93. The lowest BCUT2D eigenvalue weighted by Crippen LogP contribution is -1.94. The number of nitrogens with two attached hydrogens (primary N) is 1. The van der Waals surface area contributed by atoms with Gasteiger partial charge in [0.2, 0.25) is 0 Å². The van der Waals surface area contributed by atoms with Gasteiger partial charge in [-0.25, -0.2) is 4.68 Å². The van der Waals surface area contributed by atoms with Crippen LogP contribution in [0.3, 0.4) is 0 Å². The molecule has 3 aromatic rings. The Morgan fingerprint density at radius 2 is 1.95 bits per heavy atom. The van der Waals surface area contributed by atoms with Crippen molar-refractivity contribution < 1.29 is 0 Å². The zero-order chi connectivity index (χ0) is 13.4. The summed E-state index contributed by atoms with van der Waals surface area (Å²) in [6.45, 7) is 0. The molecule has 0 aromatic carbocycles. The highest BCUT2D eigenvalue weighted by Gasteiger charge is 2.15. The summed E-state index contributed by atoms with van der Waals surface area (Å²) in [5.74, 6) is 0. The number of hydrogen-bond acceptors (Lipinski definition) is 4. The molecule has 2 N–H and O–H groups in total. The van der Waals surface area contributed by atoms with E-state index in [-0.39, 0.29) is 0 Å². The Labute approximate surface area is 123 Å². The molecule has 0 unspecified atom stereocenters. The number of halogens is 2. The number of pyridine rings is 1. The van der Waals surface area contributed by atoms with E-state index in [1.165, 1.54) is 11.3 Å². The molecule has 0 spiro atoms. The lowest BCUT2D eigenvalue weighted by atomic mass is 10.2. The number of nitrogens with zero attached hydrogens (tertiary/aromatic N) is 3. The Hall–Kier alpha value is -1.56. The highest BCUT2D eigenvalue weighted by Crippen LogP contribution is 2.39. The molecule has 3 rings (SSSR count). The minimum atomic E-state index is 0.549. The zero-order valence-electron chi connectivity index (χ0n) is 9.55. The molecule has 0 aliphatic carbocycles. The van der Waals surface area contributed by atoms with Crippen molar-refractivity contribution in [1.82, 2.24) is 14.8 Å². The van der Waals surface area contributed by atoms with E-state index in [2.05, 4.69) is 10.1 Å². The van der Waals surface area contributed by atoms with Crippen LogP contribution >= 0.6 is 34.5 Å². The quantitative estimate of drug-likeness (QED) is 0.781. The topological polar surface area (TPSA) is 56.7 Å². The molecule has 0 atom stereocenters. The molecular weight excluding hydrogens is 303 g/mol. The van der Waals surface area contributed by atoms with Gasteiger partial charge >= 0.3 is 0 Å². The van der Waals surface area contributed by atoms with Crippen molar-refractivity contribution in [1.29, 1.82) is 0 Å². The fourth-order valence-corrected chi connectivity index (χ4v) is 3.19. The summed E-state index contributed by atoms with van der Waals surface area (Å²) in [6.07, 6.45) is 5.13. The summed E-state index contributed by atoms with van der Waals surface area (Å²) in [4.78, 5) is 3.97. The predicted octanol–water partition coefficient (Wildman–Crippen LogP) is 3.88. The Balaban J connectivity index is 2.10. The third-order valence-electron chi connectivity index (χ3n) is 2.58. The maximum Gasteiger partial charge on any atom is 0.118 e. The van der Waals surface area contributed by atoms with Gasteiger partial charge in [-0.2, -0.15) is 5.10 Å². The van der Waals surface area contributed by atoms with Crippen LogP contribution in [0.1, 0.15) is 0 Å². The Morgan fingerprint density at radius 3 is 2.58 bits per heavy atom. The molecule has 19 heavy (non-hydrogen) atoms. The largest absolute Gasteiger partial charge is 0.396 e. The van der Waals surface area contributed by atoms with Crippen LogP contribution in [0.5, 0.6) is 0 Å². The fraction of sp³-hybridized carbons (Fsp3) is 0. The van der Waals surface area contributed by atoms with E-state index in [0.717, 1.165) is 11.3 Å². The number of nitrogen functional groups attached to an aromatic ring is 1. The molecule has 0 saturated heterocycles. The van der Waals surface area contributed by atoms with E-state index in [1.807, 2.05) is 12.1 Å². The van der Waals surface area contributed by atoms with Gasteiger partial charge in [-0.15, -0.1) is 11.3 Å². The van der Waals surface area contributed by atoms with Gasteiger partial charge in [0.15, 0.2) is 0 Å². The molecule has 0 amide bonds. The first-order valence-electron chi connectivity index (χ1n) is 5.36. The summed E-state index contributed by atoms with van der Waals surface area (Å²) < 4.78 is 2.88. The molecule has 0 saturated carbocycles. The van der Waals surface area contributed by atoms with Crippen LogP contribution in [0.4, 0.5) is 5.69 Å². The minimum absolute atomic E-state index is 0.549. The number of aromatic nitrogens is 3. The van der Waals surface area contributed by atoms with Gasteiger partial charge in [-0.3, -0.25) is 4.98 Å². The predicted molar refractivity (Wildman–Crippen MR) is 79.1 cm³/mol. The molecule has 3 aromatic heterocycles. The van der Waals surface area contributed by atoms with E-state index in [0.29, 0.717) is 20.1 Å². The Kier molecular flexibility index (Phi) is 3.18. The van der Waals surface area contributed by atoms with Crippen molar-refractivity contribution in [2.45, 2.75) is 0 Å². The molecule has 0 bridgehead atoms. The van der Waals surface area contributed by atoms with Crippen LogP contribution in [-0.4, -0.2) is 14.8 Å². The van der Waals surface area contributed by atoms with Gasteiger partial charge in [0.1, 0.15) is 10.0 Å². The highest BCUT2D eigenvalue weighted by molar-refractivity contribution is 7.20. The summed E-state index contributed by atoms with van der Waals surface area (Å²) in [6, 6.07) is 5.46. The number of rotatable bonds is 2. The van der Waals surface area contributed by atoms with Gasteiger partial charge in [-0.1, -0.05) is 23.2 Å². The lowest BCUT2D eigenvalue weighted by molar-refractivity contribution is 0.882. The van der Waals surface area contributed by atoms with E-state index in [9.17, 15) is 0 Å². The summed E-state index contributed by atoms with van der Waals surface area (Å²) in [5, 5.41) is 4.45. The average molecular weight is 311 g/mol. The molecule has 0 radical (unpaired) electrons. The monoisotopic (exact) mass is 310 g/mol. The minimum Gasteiger partial charge on any atom is -0.396 e. The molecular formula is C12H8Cl2N4S. The first-order valence-corrected chi connectivity index (χ1v) is 6.93. The maximum absolute atomic E-state index is 6.13. The van der Waals surface area contributed by atoms with Gasteiger partial charge in [0, 0.05) is 18.0 Å². The van der Waals surface area contributed by atoms with Crippen molar-refractivity contribution in [2.24, 2.45) is 0 Å². The smallest absolute Gasteiger partial charge is 0.118 e. The first-order chi connectivity index (χ1) is 9.15. The highest BCUT2D eigenvalue weighted by atomic mass is 35.5. The van der Waals surface area contributed by atoms with E-state index < -0.39 is 0 Å². The Bertz CT molecular complexity index is 721. The third-order valence-corrected chi connectivity index (χ3v) is 4.07. The van der Waals surface area contributed by atoms with Crippen LogP contribution in [-0.2, 0) is 0 Å². The number of hydrogen-bond donors (Lipinski definition) is 1. The normalized spacial score (nSPS) is 10.8. The van der Waals surface area contributed by atoms with E-state index in [1.54, 1.807) is 29.3 Å². The van der Waals surface area contributed by atoms with Gasteiger partial charge in [0.25, 0.3) is 0 Å². The third kappa shape index (κ3) is 2.32. The lowest BCUT2D eigenvalue weighted by Gasteiger charge is -1.98. The van der Waals surface area contributed by atoms with Gasteiger partial charge in [-0.05, 0) is 18.2 Å². The van der Waals surface area contributed by atoms with Crippen LogP contribution < -0.4 is 5.73 Å². The zero-order valence-corrected chi connectivity index (χ0v) is 11.9. The van der Waals surface area contributed by atoms with Crippen LogP contribution in [0.15, 0.2) is 36.8 Å². The molecule has 0 fully saturated rings. The van der Waals surface area contributed by atoms with Crippen molar-refractivity contribution in [2.75, 3.05) is 5.73 Å². The first kappa shape index (κ1) is 12.5. The van der Waals surface area contributed by atoms with Crippen molar-refractivity contribution >= 4 is 40.2 Å². The van der Waals surface area contributed by atoms with Crippen molar-refractivity contribution in [3.05, 3.63) is 45.5 Å². The molecule has 0 aliphatic heterocycles. The summed E-state index contributed by atoms with van der Waals surface area (Å²) >= 11 is 13.4. The maximum atomic E-state index is 6.13. The van der Waals surface area contributed by atoms with Crippen molar-refractivity contribution in [3.8, 4) is 16.9 Å². The van der Waals surface area contributed by atoms with Gasteiger partial charge < -0.3 is 5.73 Å². The standard InChI is InChI=1S/C12H8Cl2N4S/c13-10-5-8(12(14)19-10)11-9(15)6-18(17-11)7-1-3-16-4-2-7/h1-6H,15H2. The second kappa shape index (κ2) is 4.85. The molecule has 3 heterocycles. The van der Waals surface area contributed by atoms with Gasteiger partial charge in [0.05, 0.1) is 21.9 Å². The van der Waals surface area contributed by atoms with Crippen LogP contribution in [0, 0.1) is 0 Å². The fourth-order valence-electron chi connectivity index (χ4n) is 1.73. The van der Waals surface area contributed by atoms with Crippen molar-refractivity contribution in [3.63, 3.8) is 0 Å². The van der Waals surface area contributed by atoms with Crippen LogP contribution in [0.2, 0.25) is 8.67 Å². The number of anilines is 1.